The summed E-state index contributed by atoms with van der Waals surface area (Å²) >= 11 is 0. The van der Waals surface area contributed by atoms with Crippen LogP contribution >= 0.6 is 0 Å². The largest absolute Gasteiger partial charge is 0.327 e. The molecule has 3 heterocycles. The monoisotopic (exact) mass is 499 g/mol. The van der Waals surface area contributed by atoms with Crippen molar-refractivity contribution in [2.45, 2.75) is 65.1 Å². The first-order valence-electron chi connectivity index (χ1n) is 13.4. The second kappa shape index (κ2) is 10.5. The van der Waals surface area contributed by atoms with Crippen molar-refractivity contribution in [3.63, 3.8) is 0 Å². The molecule has 0 unspecified atom stereocenters. The first-order chi connectivity index (χ1) is 17.9. The van der Waals surface area contributed by atoms with Gasteiger partial charge in [0, 0.05) is 37.4 Å². The SMILES string of the molecule is CCCCN1C(=O)N(Cc2ccccc2)C(=O)C12CCN(Cc1c(C)nn(-c3ccccc3)c1C)CC2. The van der Waals surface area contributed by atoms with Crippen LogP contribution in [0.5, 0.6) is 0 Å². The second-order valence-electron chi connectivity index (χ2n) is 10.4. The van der Waals surface area contributed by atoms with Crippen LogP contribution in [0.2, 0.25) is 0 Å². The molecule has 0 aliphatic carbocycles. The van der Waals surface area contributed by atoms with E-state index in [0.29, 0.717) is 25.9 Å². The first-order valence-corrected chi connectivity index (χ1v) is 13.4. The number of imide groups is 1. The lowest BCUT2D eigenvalue weighted by Gasteiger charge is -2.42. The lowest BCUT2D eigenvalue weighted by molar-refractivity contribution is -0.136. The van der Waals surface area contributed by atoms with E-state index in [1.807, 2.05) is 58.1 Å². The van der Waals surface area contributed by atoms with Crippen molar-refractivity contribution in [3.8, 4) is 5.69 Å². The average molecular weight is 500 g/mol. The average Bonchev–Trinajstić information content (AvgIpc) is 3.30. The molecule has 0 N–H and O–H groups in total. The molecule has 2 aliphatic heterocycles. The van der Waals surface area contributed by atoms with Crippen molar-refractivity contribution in [3.05, 3.63) is 83.2 Å². The van der Waals surface area contributed by atoms with Crippen LogP contribution in [-0.2, 0) is 17.9 Å². The number of aromatic nitrogens is 2. The van der Waals surface area contributed by atoms with Crippen LogP contribution in [-0.4, -0.2) is 61.6 Å². The maximum atomic E-state index is 13.8. The standard InChI is InChI=1S/C30H37N5O2/c1-4-5-18-34-29(37)33(21-25-12-8-6-9-13-25)28(36)30(34)16-19-32(20-17-30)22-27-23(2)31-35(24(27)3)26-14-10-7-11-15-26/h6-15H,4-5,16-22H2,1-3H3. The van der Waals surface area contributed by atoms with Gasteiger partial charge in [0.1, 0.15) is 5.54 Å². The molecule has 7 heteroatoms. The number of hydrogen-bond donors (Lipinski definition) is 0. The number of benzene rings is 2. The zero-order valence-electron chi connectivity index (χ0n) is 22.2. The van der Waals surface area contributed by atoms with Crippen molar-refractivity contribution in [1.29, 1.82) is 0 Å². The number of carbonyl (C=O) groups excluding carboxylic acids is 2. The molecule has 3 amide bonds. The normalized spacial score (nSPS) is 17.8. The molecule has 2 aliphatic rings. The Hall–Kier alpha value is -3.45. The molecule has 0 atom stereocenters. The van der Waals surface area contributed by atoms with E-state index >= 15 is 0 Å². The number of para-hydroxylation sites is 1. The van der Waals surface area contributed by atoms with Gasteiger partial charge in [0.25, 0.3) is 5.91 Å². The molecular formula is C30H37N5O2. The maximum Gasteiger partial charge on any atom is 0.327 e. The van der Waals surface area contributed by atoms with Gasteiger partial charge in [-0.05, 0) is 50.8 Å². The highest BCUT2D eigenvalue weighted by Gasteiger charge is 2.57. The number of aryl methyl sites for hydroxylation is 1. The van der Waals surface area contributed by atoms with Gasteiger partial charge >= 0.3 is 6.03 Å². The van der Waals surface area contributed by atoms with Crippen LogP contribution in [0.15, 0.2) is 60.7 Å². The van der Waals surface area contributed by atoms with Gasteiger partial charge in [0.05, 0.1) is 17.9 Å². The Morgan fingerprint density at radius 3 is 2.19 bits per heavy atom. The summed E-state index contributed by atoms with van der Waals surface area (Å²) in [5, 5.41) is 4.81. The van der Waals surface area contributed by atoms with Gasteiger partial charge in [-0.25, -0.2) is 9.48 Å². The van der Waals surface area contributed by atoms with E-state index in [1.54, 1.807) is 0 Å². The Morgan fingerprint density at radius 2 is 1.54 bits per heavy atom. The van der Waals surface area contributed by atoms with E-state index < -0.39 is 5.54 Å². The fourth-order valence-corrected chi connectivity index (χ4v) is 5.83. The van der Waals surface area contributed by atoms with Crippen LogP contribution in [0.25, 0.3) is 5.69 Å². The summed E-state index contributed by atoms with van der Waals surface area (Å²) in [6.45, 7) is 9.64. The zero-order chi connectivity index (χ0) is 26.0. The van der Waals surface area contributed by atoms with E-state index in [1.165, 1.54) is 10.5 Å². The molecular weight excluding hydrogens is 462 g/mol. The van der Waals surface area contributed by atoms with Gasteiger partial charge in [-0.3, -0.25) is 14.6 Å². The number of unbranched alkanes of at least 4 members (excludes halogenated alkanes) is 1. The van der Waals surface area contributed by atoms with Gasteiger partial charge in [-0.15, -0.1) is 0 Å². The number of amides is 3. The minimum atomic E-state index is -0.726. The van der Waals surface area contributed by atoms with Gasteiger partial charge in [0.15, 0.2) is 0 Å². The molecule has 5 rings (SSSR count). The third kappa shape index (κ3) is 4.68. The first kappa shape index (κ1) is 25.2. The lowest BCUT2D eigenvalue weighted by Crippen LogP contribution is -2.56. The van der Waals surface area contributed by atoms with E-state index in [-0.39, 0.29) is 11.9 Å². The highest BCUT2D eigenvalue weighted by molar-refractivity contribution is 6.07. The molecule has 0 bridgehead atoms. The summed E-state index contributed by atoms with van der Waals surface area (Å²) in [4.78, 5) is 33.1. The number of piperidine rings is 1. The lowest BCUT2D eigenvalue weighted by atomic mass is 9.85. The van der Waals surface area contributed by atoms with Crippen molar-refractivity contribution in [2.24, 2.45) is 0 Å². The Kier molecular flexibility index (Phi) is 7.15. The zero-order valence-corrected chi connectivity index (χ0v) is 22.2. The van der Waals surface area contributed by atoms with Crippen LogP contribution in [0, 0.1) is 13.8 Å². The number of carbonyl (C=O) groups is 2. The topological polar surface area (TPSA) is 61.7 Å². The molecule has 1 aromatic heterocycles. The fourth-order valence-electron chi connectivity index (χ4n) is 5.83. The second-order valence-corrected chi connectivity index (χ2v) is 10.4. The van der Waals surface area contributed by atoms with Crippen LogP contribution < -0.4 is 0 Å². The van der Waals surface area contributed by atoms with Gasteiger partial charge < -0.3 is 4.90 Å². The minimum absolute atomic E-state index is 0.0265. The molecule has 37 heavy (non-hydrogen) atoms. The summed E-state index contributed by atoms with van der Waals surface area (Å²) in [6.07, 6.45) is 3.22. The summed E-state index contributed by atoms with van der Waals surface area (Å²) in [5.74, 6) is -0.0265. The van der Waals surface area contributed by atoms with E-state index in [0.717, 1.165) is 55.1 Å². The predicted molar refractivity (Wildman–Crippen MR) is 144 cm³/mol. The summed E-state index contributed by atoms with van der Waals surface area (Å²) < 4.78 is 2.02. The predicted octanol–water partition coefficient (Wildman–Crippen LogP) is 5.09. The third-order valence-corrected chi connectivity index (χ3v) is 8.05. The quantitative estimate of drug-likeness (QED) is 0.405. The number of hydrogen-bond acceptors (Lipinski definition) is 4. The summed E-state index contributed by atoms with van der Waals surface area (Å²) in [5.41, 5.74) is 4.74. The highest BCUT2D eigenvalue weighted by atomic mass is 16.2. The molecule has 2 fully saturated rings. The molecule has 1 spiro atoms. The highest BCUT2D eigenvalue weighted by Crippen LogP contribution is 2.39. The Labute approximate surface area is 219 Å². The van der Waals surface area contributed by atoms with Gasteiger partial charge in [-0.1, -0.05) is 61.9 Å². The minimum Gasteiger partial charge on any atom is -0.309 e. The van der Waals surface area contributed by atoms with Crippen molar-refractivity contribution in [1.82, 2.24) is 24.5 Å². The summed E-state index contributed by atoms with van der Waals surface area (Å²) in [6, 6.07) is 19.9. The third-order valence-electron chi connectivity index (χ3n) is 8.05. The van der Waals surface area contributed by atoms with Crippen molar-refractivity contribution >= 4 is 11.9 Å². The van der Waals surface area contributed by atoms with Crippen LogP contribution in [0.1, 0.15) is 55.1 Å². The number of nitrogens with zero attached hydrogens (tertiary/aromatic N) is 5. The maximum absolute atomic E-state index is 13.8. The fraction of sp³-hybridized carbons (Fsp3) is 0.433. The van der Waals surface area contributed by atoms with E-state index in [2.05, 4.69) is 37.8 Å². The molecule has 0 radical (unpaired) electrons. The Bertz CT molecular complexity index is 1250. The molecule has 3 aromatic rings. The molecule has 2 saturated heterocycles. The molecule has 7 nitrogen and oxygen atoms in total. The van der Waals surface area contributed by atoms with Crippen molar-refractivity contribution < 1.29 is 9.59 Å². The smallest absolute Gasteiger partial charge is 0.309 e. The van der Waals surface area contributed by atoms with E-state index in [9.17, 15) is 9.59 Å². The Balaban J connectivity index is 1.33. The van der Waals surface area contributed by atoms with E-state index in [4.69, 9.17) is 5.10 Å². The number of rotatable bonds is 8. The van der Waals surface area contributed by atoms with Crippen LogP contribution in [0.3, 0.4) is 0 Å². The van der Waals surface area contributed by atoms with Gasteiger partial charge in [0.2, 0.25) is 0 Å². The van der Waals surface area contributed by atoms with Crippen molar-refractivity contribution in [2.75, 3.05) is 19.6 Å². The number of likely N-dealkylation sites (tertiary alicyclic amines) is 1. The Morgan fingerprint density at radius 1 is 0.892 bits per heavy atom. The van der Waals surface area contributed by atoms with Gasteiger partial charge in [-0.2, -0.15) is 5.10 Å². The summed E-state index contributed by atoms with van der Waals surface area (Å²) in [7, 11) is 0. The molecule has 194 valence electrons. The molecule has 2 aromatic carbocycles. The number of urea groups is 1. The molecule has 0 saturated carbocycles. The van der Waals surface area contributed by atoms with Crippen LogP contribution in [0.4, 0.5) is 4.79 Å².